The molecule has 0 spiro atoms. The summed E-state index contributed by atoms with van der Waals surface area (Å²) in [5.41, 5.74) is 0.848. The number of halogens is 1. The summed E-state index contributed by atoms with van der Waals surface area (Å²) >= 11 is 0. The van der Waals surface area contributed by atoms with Crippen LogP contribution in [0.3, 0.4) is 0 Å². The van der Waals surface area contributed by atoms with Crippen molar-refractivity contribution in [1.82, 2.24) is 20.1 Å². The van der Waals surface area contributed by atoms with Crippen molar-refractivity contribution < 1.29 is 4.39 Å². The van der Waals surface area contributed by atoms with Gasteiger partial charge in [-0.25, -0.2) is 4.39 Å². The van der Waals surface area contributed by atoms with Crippen molar-refractivity contribution in [3.8, 4) is 0 Å². The van der Waals surface area contributed by atoms with E-state index in [0.717, 1.165) is 18.7 Å². The van der Waals surface area contributed by atoms with Crippen LogP contribution < -0.4 is 5.32 Å². The molecule has 2 rings (SSSR count). The topological polar surface area (TPSA) is 42.7 Å². The highest BCUT2D eigenvalue weighted by atomic mass is 19.1. The minimum atomic E-state index is -0.300. The van der Waals surface area contributed by atoms with Crippen molar-refractivity contribution in [2.45, 2.75) is 13.1 Å². The summed E-state index contributed by atoms with van der Waals surface area (Å²) in [7, 11) is 0. The zero-order valence-electron chi connectivity index (χ0n) is 8.81. The third-order valence-corrected chi connectivity index (χ3v) is 2.17. The SMILES string of the molecule is Fc1cncc(CNCCn2cccn2)c1. The van der Waals surface area contributed by atoms with Gasteiger partial charge in [-0.1, -0.05) is 0 Å². The molecule has 2 aromatic rings. The van der Waals surface area contributed by atoms with Crippen LogP contribution in [0.2, 0.25) is 0 Å². The van der Waals surface area contributed by atoms with E-state index in [1.54, 1.807) is 12.4 Å². The number of rotatable bonds is 5. The molecule has 0 aliphatic heterocycles. The summed E-state index contributed by atoms with van der Waals surface area (Å²) < 4.78 is 14.6. The van der Waals surface area contributed by atoms with Crippen LogP contribution in [0.1, 0.15) is 5.56 Å². The largest absolute Gasteiger partial charge is 0.311 e. The first-order chi connectivity index (χ1) is 7.84. The number of hydrogen-bond acceptors (Lipinski definition) is 3. The molecule has 0 atom stereocenters. The van der Waals surface area contributed by atoms with Gasteiger partial charge in [-0.15, -0.1) is 0 Å². The predicted octanol–water partition coefficient (Wildman–Crippen LogP) is 1.21. The summed E-state index contributed by atoms with van der Waals surface area (Å²) in [4.78, 5) is 3.78. The van der Waals surface area contributed by atoms with Gasteiger partial charge in [-0.3, -0.25) is 9.67 Å². The average Bonchev–Trinajstić information content (AvgIpc) is 2.77. The summed E-state index contributed by atoms with van der Waals surface area (Å²) in [6, 6.07) is 3.37. The normalized spacial score (nSPS) is 10.6. The first-order valence-electron chi connectivity index (χ1n) is 5.12. The van der Waals surface area contributed by atoms with Gasteiger partial charge in [-0.05, 0) is 17.7 Å². The molecule has 0 aliphatic carbocycles. The Labute approximate surface area is 93.1 Å². The quantitative estimate of drug-likeness (QED) is 0.770. The van der Waals surface area contributed by atoms with E-state index in [4.69, 9.17) is 0 Å². The van der Waals surface area contributed by atoms with Gasteiger partial charge < -0.3 is 5.32 Å². The lowest BCUT2D eigenvalue weighted by molar-refractivity contribution is 0.552. The fourth-order valence-electron chi connectivity index (χ4n) is 1.41. The average molecular weight is 220 g/mol. The van der Waals surface area contributed by atoms with E-state index < -0.39 is 0 Å². The number of pyridine rings is 1. The first-order valence-corrected chi connectivity index (χ1v) is 5.12. The van der Waals surface area contributed by atoms with Gasteiger partial charge in [0.05, 0.1) is 12.7 Å². The maximum absolute atomic E-state index is 12.8. The van der Waals surface area contributed by atoms with Crippen LogP contribution in [0, 0.1) is 5.82 Å². The molecule has 2 aromatic heterocycles. The summed E-state index contributed by atoms with van der Waals surface area (Å²) in [5.74, 6) is -0.300. The van der Waals surface area contributed by atoms with Gasteiger partial charge in [-0.2, -0.15) is 5.10 Å². The Kier molecular flexibility index (Phi) is 3.61. The smallest absolute Gasteiger partial charge is 0.141 e. The van der Waals surface area contributed by atoms with Gasteiger partial charge in [0.2, 0.25) is 0 Å². The van der Waals surface area contributed by atoms with Crippen LogP contribution in [-0.2, 0) is 13.1 Å². The third kappa shape index (κ3) is 3.13. The maximum atomic E-state index is 12.8. The minimum Gasteiger partial charge on any atom is -0.311 e. The molecule has 5 heteroatoms. The second-order valence-corrected chi connectivity index (χ2v) is 3.46. The molecule has 0 amide bonds. The number of nitrogens with one attached hydrogen (secondary N) is 1. The van der Waals surface area contributed by atoms with E-state index in [1.165, 1.54) is 12.3 Å². The molecule has 0 radical (unpaired) electrons. The van der Waals surface area contributed by atoms with Crippen molar-refractivity contribution in [1.29, 1.82) is 0 Å². The fourth-order valence-corrected chi connectivity index (χ4v) is 1.41. The molecule has 0 aliphatic rings. The van der Waals surface area contributed by atoms with Crippen molar-refractivity contribution in [2.75, 3.05) is 6.54 Å². The highest BCUT2D eigenvalue weighted by molar-refractivity contribution is 5.09. The van der Waals surface area contributed by atoms with E-state index >= 15 is 0 Å². The Balaban J connectivity index is 1.72. The highest BCUT2D eigenvalue weighted by Crippen LogP contribution is 1.99. The Morgan fingerprint density at radius 2 is 2.31 bits per heavy atom. The molecule has 2 heterocycles. The van der Waals surface area contributed by atoms with Crippen LogP contribution in [0.15, 0.2) is 36.9 Å². The fraction of sp³-hybridized carbons (Fsp3) is 0.273. The van der Waals surface area contributed by atoms with E-state index in [1.807, 2.05) is 16.9 Å². The van der Waals surface area contributed by atoms with Gasteiger partial charge >= 0.3 is 0 Å². The molecular weight excluding hydrogens is 207 g/mol. The lowest BCUT2D eigenvalue weighted by Gasteiger charge is -2.04. The Bertz CT molecular complexity index is 427. The first kappa shape index (κ1) is 10.8. The molecule has 1 N–H and O–H groups in total. The molecule has 0 saturated heterocycles. The maximum Gasteiger partial charge on any atom is 0.141 e. The molecule has 0 bridgehead atoms. The van der Waals surface area contributed by atoms with E-state index in [9.17, 15) is 4.39 Å². The standard InChI is InChI=1S/C11H13FN4/c12-11-6-10(8-14-9-11)7-13-3-5-16-4-1-2-15-16/h1-2,4,6,8-9,13H,3,5,7H2. The zero-order valence-corrected chi connectivity index (χ0v) is 8.81. The van der Waals surface area contributed by atoms with E-state index in [2.05, 4.69) is 15.4 Å². The van der Waals surface area contributed by atoms with Crippen LogP contribution in [0.4, 0.5) is 4.39 Å². The molecule has 4 nitrogen and oxygen atoms in total. The van der Waals surface area contributed by atoms with Crippen molar-refractivity contribution in [3.63, 3.8) is 0 Å². The van der Waals surface area contributed by atoms with Gasteiger partial charge in [0.15, 0.2) is 0 Å². The lowest BCUT2D eigenvalue weighted by atomic mass is 10.3. The van der Waals surface area contributed by atoms with E-state index in [-0.39, 0.29) is 5.82 Å². The van der Waals surface area contributed by atoms with Crippen molar-refractivity contribution in [2.24, 2.45) is 0 Å². The van der Waals surface area contributed by atoms with Gasteiger partial charge in [0.25, 0.3) is 0 Å². The lowest BCUT2D eigenvalue weighted by Crippen LogP contribution is -2.19. The zero-order chi connectivity index (χ0) is 11.2. The number of nitrogens with zero attached hydrogens (tertiary/aromatic N) is 3. The van der Waals surface area contributed by atoms with Crippen LogP contribution >= 0.6 is 0 Å². The third-order valence-electron chi connectivity index (χ3n) is 2.17. The van der Waals surface area contributed by atoms with Crippen molar-refractivity contribution in [3.05, 3.63) is 48.3 Å². The second-order valence-electron chi connectivity index (χ2n) is 3.46. The minimum absolute atomic E-state index is 0.300. The molecule has 0 saturated carbocycles. The van der Waals surface area contributed by atoms with Gasteiger partial charge in [0.1, 0.15) is 5.82 Å². The Morgan fingerprint density at radius 3 is 3.06 bits per heavy atom. The molecule has 0 aromatic carbocycles. The monoisotopic (exact) mass is 220 g/mol. The van der Waals surface area contributed by atoms with Crippen LogP contribution in [-0.4, -0.2) is 21.3 Å². The predicted molar refractivity (Wildman–Crippen MR) is 58.1 cm³/mol. The Morgan fingerprint density at radius 1 is 1.38 bits per heavy atom. The molecule has 0 unspecified atom stereocenters. The van der Waals surface area contributed by atoms with Gasteiger partial charge in [0, 0.05) is 31.7 Å². The summed E-state index contributed by atoms with van der Waals surface area (Å²) in [6.07, 6.45) is 6.51. The van der Waals surface area contributed by atoms with Crippen LogP contribution in [0.5, 0.6) is 0 Å². The summed E-state index contributed by atoms with van der Waals surface area (Å²) in [6.45, 7) is 2.21. The molecular formula is C11H13FN4. The highest BCUT2D eigenvalue weighted by Gasteiger charge is 1.96. The molecule has 16 heavy (non-hydrogen) atoms. The summed E-state index contributed by atoms with van der Waals surface area (Å²) in [5, 5.41) is 7.28. The van der Waals surface area contributed by atoms with E-state index in [0.29, 0.717) is 6.54 Å². The number of aromatic nitrogens is 3. The molecule has 0 fully saturated rings. The van der Waals surface area contributed by atoms with Crippen molar-refractivity contribution >= 4 is 0 Å². The van der Waals surface area contributed by atoms with Crippen LogP contribution in [0.25, 0.3) is 0 Å². The number of hydrogen-bond donors (Lipinski definition) is 1. The molecule has 84 valence electrons. The Hall–Kier alpha value is -1.75. The second kappa shape index (κ2) is 5.37.